The zero-order chi connectivity index (χ0) is 22.6. The standard InChI is InChI=1S/C22H26N2O4S3/c1-22(2,3)23-31(26,27)20-13-16(9-10-19(20)28-4)21(25)24(14-17-7-5-11-29-17)15-18-8-6-12-30-18/h5-13,23H,14-15H2,1-4H3. The molecule has 1 aromatic carbocycles. The maximum Gasteiger partial charge on any atom is 0.254 e. The molecule has 0 radical (unpaired) electrons. The average molecular weight is 479 g/mol. The van der Waals surface area contributed by atoms with E-state index in [1.165, 1.54) is 19.2 Å². The Morgan fingerprint density at radius 2 is 1.61 bits per heavy atom. The Kier molecular flexibility index (Phi) is 7.20. The number of carbonyl (C=O) groups excluding carboxylic acids is 1. The Hall–Kier alpha value is -2.20. The van der Waals surface area contributed by atoms with Gasteiger partial charge in [0.15, 0.2) is 0 Å². The predicted octanol–water partition coefficient (Wildman–Crippen LogP) is 4.74. The number of carbonyl (C=O) groups is 1. The van der Waals surface area contributed by atoms with Gasteiger partial charge < -0.3 is 9.64 Å². The van der Waals surface area contributed by atoms with Crippen LogP contribution in [0.3, 0.4) is 0 Å². The number of nitrogens with one attached hydrogen (secondary N) is 1. The van der Waals surface area contributed by atoms with Crippen LogP contribution in [0.2, 0.25) is 0 Å². The van der Waals surface area contributed by atoms with Gasteiger partial charge in [0.25, 0.3) is 5.91 Å². The van der Waals surface area contributed by atoms with Crippen molar-refractivity contribution in [2.24, 2.45) is 0 Å². The molecular formula is C22H26N2O4S3. The molecule has 0 bridgehead atoms. The Labute approximate surface area is 191 Å². The molecule has 0 unspecified atom stereocenters. The van der Waals surface area contributed by atoms with E-state index in [4.69, 9.17) is 4.74 Å². The highest BCUT2D eigenvalue weighted by Crippen LogP contribution is 2.28. The van der Waals surface area contributed by atoms with Crippen molar-refractivity contribution in [1.82, 2.24) is 9.62 Å². The number of sulfonamides is 1. The van der Waals surface area contributed by atoms with E-state index in [1.54, 1.807) is 54.4 Å². The molecule has 3 rings (SSSR count). The lowest BCUT2D eigenvalue weighted by Gasteiger charge is -2.24. The molecule has 0 aliphatic rings. The Bertz CT molecular complexity index is 1080. The topological polar surface area (TPSA) is 75.7 Å². The second kappa shape index (κ2) is 9.52. The molecule has 1 N–H and O–H groups in total. The van der Waals surface area contributed by atoms with Crippen LogP contribution in [0.5, 0.6) is 5.75 Å². The number of hydrogen-bond acceptors (Lipinski definition) is 6. The first-order valence-electron chi connectivity index (χ1n) is 9.65. The average Bonchev–Trinajstić information content (AvgIpc) is 3.39. The highest BCUT2D eigenvalue weighted by atomic mass is 32.2. The Morgan fingerprint density at radius 1 is 1.03 bits per heavy atom. The lowest BCUT2D eigenvalue weighted by Crippen LogP contribution is -2.40. The van der Waals surface area contributed by atoms with E-state index in [-0.39, 0.29) is 16.6 Å². The Morgan fingerprint density at radius 3 is 2.06 bits per heavy atom. The van der Waals surface area contributed by atoms with Crippen LogP contribution in [-0.2, 0) is 23.1 Å². The quantitative estimate of drug-likeness (QED) is 0.508. The fourth-order valence-electron chi connectivity index (χ4n) is 3.04. The molecule has 0 aliphatic carbocycles. The van der Waals surface area contributed by atoms with Crippen LogP contribution in [0.4, 0.5) is 0 Å². The molecule has 6 nitrogen and oxygen atoms in total. The molecule has 0 spiro atoms. The smallest absolute Gasteiger partial charge is 0.254 e. The van der Waals surface area contributed by atoms with Crippen molar-refractivity contribution in [2.45, 2.75) is 44.3 Å². The molecule has 1 amide bonds. The molecule has 2 aromatic heterocycles. The number of amides is 1. The number of thiophene rings is 2. The lowest BCUT2D eigenvalue weighted by molar-refractivity contribution is 0.0733. The molecule has 0 saturated carbocycles. The number of benzene rings is 1. The third-order valence-corrected chi connectivity index (χ3v) is 7.78. The third kappa shape index (κ3) is 6.16. The minimum absolute atomic E-state index is 0.0528. The molecule has 31 heavy (non-hydrogen) atoms. The summed E-state index contributed by atoms with van der Waals surface area (Å²) < 4.78 is 33.8. The van der Waals surface area contributed by atoms with E-state index < -0.39 is 15.6 Å². The monoisotopic (exact) mass is 478 g/mol. The van der Waals surface area contributed by atoms with Crippen molar-refractivity contribution >= 4 is 38.6 Å². The first-order valence-corrected chi connectivity index (χ1v) is 12.9. The van der Waals surface area contributed by atoms with Crippen LogP contribution < -0.4 is 9.46 Å². The van der Waals surface area contributed by atoms with Crippen molar-refractivity contribution in [1.29, 1.82) is 0 Å². The van der Waals surface area contributed by atoms with Gasteiger partial charge >= 0.3 is 0 Å². The SMILES string of the molecule is COc1ccc(C(=O)N(Cc2cccs2)Cc2cccs2)cc1S(=O)(=O)NC(C)(C)C. The summed E-state index contributed by atoms with van der Waals surface area (Å²) in [7, 11) is -2.47. The second-order valence-corrected chi connectivity index (χ2v) is 11.8. The number of nitrogens with zero attached hydrogens (tertiary/aromatic N) is 1. The Balaban J connectivity index is 1.97. The number of ether oxygens (including phenoxy) is 1. The van der Waals surface area contributed by atoms with Crippen LogP contribution in [0.1, 0.15) is 40.9 Å². The van der Waals surface area contributed by atoms with Crippen LogP contribution in [0.15, 0.2) is 58.1 Å². The fraction of sp³-hybridized carbons (Fsp3) is 0.318. The molecule has 2 heterocycles. The lowest BCUT2D eigenvalue weighted by atomic mass is 10.1. The van der Waals surface area contributed by atoms with E-state index in [1.807, 2.05) is 35.0 Å². The molecule has 0 fully saturated rings. The summed E-state index contributed by atoms with van der Waals surface area (Å²) in [5, 5.41) is 3.94. The van der Waals surface area contributed by atoms with Crippen molar-refractivity contribution in [3.05, 3.63) is 68.5 Å². The van der Waals surface area contributed by atoms with Crippen LogP contribution in [0.25, 0.3) is 0 Å². The van der Waals surface area contributed by atoms with E-state index in [0.29, 0.717) is 18.7 Å². The minimum Gasteiger partial charge on any atom is -0.495 e. The summed E-state index contributed by atoms with van der Waals surface area (Å²) >= 11 is 3.16. The minimum atomic E-state index is -3.88. The predicted molar refractivity (Wildman–Crippen MR) is 125 cm³/mol. The highest BCUT2D eigenvalue weighted by molar-refractivity contribution is 7.89. The van der Waals surface area contributed by atoms with Crippen molar-refractivity contribution in [3.8, 4) is 5.75 Å². The van der Waals surface area contributed by atoms with E-state index in [9.17, 15) is 13.2 Å². The number of rotatable bonds is 8. The summed E-state index contributed by atoms with van der Waals surface area (Å²) in [6.45, 7) is 6.17. The normalized spacial score (nSPS) is 12.0. The van der Waals surface area contributed by atoms with Crippen LogP contribution in [0, 0.1) is 0 Å². The molecular weight excluding hydrogens is 452 g/mol. The summed E-state index contributed by atoms with van der Waals surface area (Å²) in [6.07, 6.45) is 0. The van der Waals surface area contributed by atoms with Gasteiger partial charge in [-0.25, -0.2) is 13.1 Å². The highest BCUT2D eigenvalue weighted by Gasteiger charge is 2.27. The molecule has 9 heteroatoms. The fourth-order valence-corrected chi connectivity index (χ4v) is 6.09. The van der Waals surface area contributed by atoms with E-state index in [0.717, 1.165) is 9.75 Å². The zero-order valence-corrected chi connectivity index (χ0v) is 20.4. The summed E-state index contributed by atoms with van der Waals surface area (Å²) in [4.78, 5) is 17.2. The number of methoxy groups -OCH3 is 1. The first-order chi connectivity index (χ1) is 14.6. The third-order valence-electron chi connectivity index (χ3n) is 4.28. The molecule has 3 aromatic rings. The molecule has 0 aliphatic heterocycles. The molecule has 0 saturated heterocycles. The van der Waals surface area contributed by atoms with Gasteiger partial charge in [-0.05, 0) is 61.9 Å². The number of hydrogen-bond donors (Lipinski definition) is 1. The largest absolute Gasteiger partial charge is 0.495 e. The molecule has 0 atom stereocenters. The van der Waals surface area contributed by atoms with Gasteiger partial charge in [0.05, 0.1) is 20.2 Å². The second-order valence-electron chi connectivity index (χ2n) is 8.04. The summed E-state index contributed by atoms with van der Waals surface area (Å²) in [5.41, 5.74) is -0.378. The van der Waals surface area contributed by atoms with Gasteiger partial charge in [0, 0.05) is 20.9 Å². The van der Waals surface area contributed by atoms with Crippen LogP contribution in [-0.4, -0.2) is 31.9 Å². The van der Waals surface area contributed by atoms with E-state index in [2.05, 4.69) is 4.72 Å². The van der Waals surface area contributed by atoms with Gasteiger partial charge in [0.2, 0.25) is 10.0 Å². The summed E-state index contributed by atoms with van der Waals surface area (Å²) in [6, 6.07) is 12.4. The van der Waals surface area contributed by atoms with Gasteiger partial charge in [-0.1, -0.05) is 12.1 Å². The maximum atomic E-state index is 13.4. The maximum absolute atomic E-state index is 13.4. The van der Waals surface area contributed by atoms with Crippen LogP contribution >= 0.6 is 22.7 Å². The van der Waals surface area contributed by atoms with Gasteiger partial charge in [-0.2, -0.15) is 0 Å². The van der Waals surface area contributed by atoms with E-state index >= 15 is 0 Å². The first kappa shape index (κ1) is 23.5. The van der Waals surface area contributed by atoms with Crippen molar-refractivity contribution in [3.63, 3.8) is 0 Å². The van der Waals surface area contributed by atoms with Gasteiger partial charge in [-0.3, -0.25) is 4.79 Å². The summed E-state index contributed by atoms with van der Waals surface area (Å²) in [5.74, 6) is -0.0481. The van der Waals surface area contributed by atoms with Gasteiger partial charge in [0.1, 0.15) is 10.6 Å². The molecule has 166 valence electrons. The van der Waals surface area contributed by atoms with Crippen molar-refractivity contribution in [2.75, 3.05) is 7.11 Å². The van der Waals surface area contributed by atoms with Crippen molar-refractivity contribution < 1.29 is 17.9 Å². The zero-order valence-electron chi connectivity index (χ0n) is 17.9. The van der Waals surface area contributed by atoms with Gasteiger partial charge in [-0.15, -0.1) is 22.7 Å².